The van der Waals surface area contributed by atoms with Crippen LogP contribution in [0.2, 0.25) is 0 Å². The first-order chi connectivity index (χ1) is 17.6. The molecule has 0 heterocycles. The number of carbonyl (C=O) groups excluding carboxylic acids is 1. The normalized spacial score (nSPS) is 11.1. The number of anilines is 3. The highest BCUT2D eigenvalue weighted by Crippen LogP contribution is 2.15. The number of hydrazone groups is 2. The zero-order chi connectivity index (χ0) is 25.8. The van der Waals surface area contributed by atoms with Gasteiger partial charge in [0.1, 0.15) is 0 Å². The molecule has 0 radical (unpaired) electrons. The van der Waals surface area contributed by atoms with Gasteiger partial charge < -0.3 is 9.80 Å². The average Bonchev–Trinajstić information content (AvgIpc) is 2.92. The number of nitrogens with one attached hydrogen (secondary N) is 2. The molecule has 0 spiro atoms. The van der Waals surface area contributed by atoms with E-state index in [0.29, 0.717) is 5.56 Å². The van der Waals surface area contributed by atoms with Gasteiger partial charge in [-0.05, 0) is 87.4 Å². The van der Waals surface area contributed by atoms with Crippen LogP contribution in [0.25, 0.3) is 0 Å². The van der Waals surface area contributed by atoms with E-state index in [0.717, 1.165) is 43.0 Å². The molecule has 7 nitrogen and oxygen atoms in total. The number of amides is 1. The number of hydrogen-bond acceptors (Lipinski definition) is 6. The Kier molecular flexibility index (Phi) is 10.1. The SMILES string of the molecule is CCN(CC)c1ccc(C=NNC(=O)c2ccc(NN=Cc3ccc(N(CC)CC)cc3)cc2)cc1. The lowest BCUT2D eigenvalue weighted by molar-refractivity contribution is 0.0955. The number of hydrogen-bond donors (Lipinski definition) is 2. The van der Waals surface area contributed by atoms with Crippen LogP contribution in [0.4, 0.5) is 17.1 Å². The van der Waals surface area contributed by atoms with Crippen LogP contribution in [0.3, 0.4) is 0 Å². The standard InChI is InChI=1S/C29H36N6O/c1-5-34(6-2)27-17-9-23(10-18-27)21-30-32-26-15-13-25(14-16-26)29(36)33-31-22-24-11-19-28(20-12-24)35(7-3)8-4/h9-22,32H,5-8H2,1-4H3,(H,33,36). The molecule has 0 aromatic heterocycles. The van der Waals surface area contributed by atoms with Gasteiger partial charge in [-0.3, -0.25) is 10.2 Å². The van der Waals surface area contributed by atoms with Crippen molar-refractivity contribution in [1.29, 1.82) is 0 Å². The van der Waals surface area contributed by atoms with Crippen molar-refractivity contribution in [2.24, 2.45) is 10.2 Å². The van der Waals surface area contributed by atoms with E-state index in [1.807, 2.05) is 36.4 Å². The van der Waals surface area contributed by atoms with Gasteiger partial charge in [0.05, 0.1) is 18.1 Å². The molecule has 0 bridgehead atoms. The fourth-order valence-electron chi connectivity index (χ4n) is 3.83. The molecule has 0 saturated heterocycles. The minimum atomic E-state index is -0.269. The second-order valence-corrected chi connectivity index (χ2v) is 8.17. The van der Waals surface area contributed by atoms with Gasteiger partial charge in [-0.25, -0.2) is 5.43 Å². The first-order valence-electron chi connectivity index (χ1n) is 12.5. The van der Waals surface area contributed by atoms with E-state index in [2.05, 4.69) is 82.8 Å². The Bertz CT molecular complexity index is 1130. The van der Waals surface area contributed by atoms with Crippen molar-refractivity contribution in [2.45, 2.75) is 27.7 Å². The van der Waals surface area contributed by atoms with Gasteiger partial charge in [-0.15, -0.1) is 0 Å². The molecule has 0 saturated carbocycles. The molecule has 2 N–H and O–H groups in total. The van der Waals surface area contributed by atoms with Crippen LogP contribution >= 0.6 is 0 Å². The molecule has 0 aliphatic heterocycles. The Morgan fingerprint density at radius 2 is 1.11 bits per heavy atom. The molecule has 1 amide bonds. The minimum Gasteiger partial charge on any atom is -0.372 e. The lowest BCUT2D eigenvalue weighted by Crippen LogP contribution is -2.21. The van der Waals surface area contributed by atoms with E-state index in [1.165, 1.54) is 11.4 Å². The number of carbonyl (C=O) groups is 1. The largest absolute Gasteiger partial charge is 0.372 e. The molecule has 3 rings (SSSR count). The maximum Gasteiger partial charge on any atom is 0.271 e. The maximum atomic E-state index is 12.4. The Morgan fingerprint density at radius 3 is 1.56 bits per heavy atom. The zero-order valence-corrected chi connectivity index (χ0v) is 21.6. The van der Waals surface area contributed by atoms with Crippen LogP contribution in [-0.2, 0) is 0 Å². The van der Waals surface area contributed by atoms with Crippen LogP contribution in [0.1, 0.15) is 49.2 Å². The summed E-state index contributed by atoms with van der Waals surface area (Å²) in [6.07, 6.45) is 3.42. The summed E-state index contributed by atoms with van der Waals surface area (Å²) >= 11 is 0. The van der Waals surface area contributed by atoms with Gasteiger partial charge in [0, 0.05) is 43.1 Å². The van der Waals surface area contributed by atoms with Crippen LogP contribution in [0.5, 0.6) is 0 Å². The van der Waals surface area contributed by atoms with Gasteiger partial charge in [0.2, 0.25) is 0 Å². The summed E-state index contributed by atoms with van der Waals surface area (Å²) in [5.41, 5.74) is 11.2. The van der Waals surface area contributed by atoms with Crippen molar-refractivity contribution in [3.63, 3.8) is 0 Å². The summed E-state index contributed by atoms with van der Waals surface area (Å²) in [5, 5.41) is 8.38. The van der Waals surface area contributed by atoms with Crippen molar-refractivity contribution in [3.05, 3.63) is 89.5 Å². The van der Waals surface area contributed by atoms with Crippen LogP contribution in [0.15, 0.2) is 83.0 Å². The Morgan fingerprint density at radius 1 is 0.667 bits per heavy atom. The second kappa shape index (κ2) is 13.7. The van der Waals surface area contributed by atoms with Gasteiger partial charge in [0.15, 0.2) is 0 Å². The number of nitrogens with zero attached hydrogens (tertiary/aromatic N) is 4. The van der Waals surface area contributed by atoms with E-state index >= 15 is 0 Å². The zero-order valence-electron chi connectivity index (χ0n) is 21.6. The van der Waals surface area contributed by atoms with E-state index in [4.69, 9.17) is 0 Å². The predicted molar refractivity (Wildman–Crippen MR) is 153 cm³/mol. The average molecular weight is 485 g/mol. The molecule has 0 atom stereocenters. The predicted octanol–water partition coefficient (Wildman–Crippen LogP) is 5.59. The third kappa shape index (κ3) is 7.43. The number of rotatable bonds is 12. The molecule has 0 fully saturated rings. The molecular formula is C29H36N6O. The van der Waals surface area contributed by atoms with E-state index in [-0.39, 0.29) is 5.91 Å². The maximum absolute atomic E-state index is 12.4. The van der Waals surface area contributed by atoms with E-state index in [9.17, 15) is 4.79 Å². The summed E-state index contributed by atoms with van der Waals surface area (Å²) in [5.74, 6) is -0.269. The smallest absolute Gasteiger partial charge is 0.271 e. The molecule has 3 aromatic carbocycles. The third-order valence-electron chi connectivity index (χ3n) is 5.98. The first-order valence-corrected chi connectivity index (χ1v) is 12.5. The fourth-order valence-corrected chi connectivity index (χ4v) is 3.83. The molecule has 0 aliphatic rings. The number of benzene rings is 3. The lowest BCUT2D eigenvalue weighted by Gasteiger charge is -2.20. The van der Waals surface area contributed by atoms with Crippen molar-refractivity contribution < 1.29 is 4.79 Å². The highest BCUT2D eigenvalue weighted by molar-refractivity contribution is 5.95. The molecule has 7 heteroatoms. The van der Waals surface area contributed by atoms with Gasteiger partial charge in [-0.1, -0.05) is 24.3 Å². The highest BCUT2D eigenvalue weighted by Gasteiger charge is 2.05. The Balaban J connectivity index is 1.49. The molecule has 0 unspecified atom stereocenters. The van der Waals surface area contributed by atoms with Crippen molar-refractivity contribution >= 4 is 35.4 Å². The monoisotopic (exact) mass is 484 g/mol. The van der Waals surface area contributed by atoms with Crippen LogP contribution in [-0.4, -0.2) is 44.5 Å². The van der Waals surface area contributed by atoms with Crippen molar-refractivity contribution in [1.82, 2.24) is 5.43 Å². The van der Waals surface area contributed by atoms with Gasteiger partial charge >= 0.3 is 0 Å². The summed E-state index contributed by atoms with van der Waals surface area (Å²) in [4.78, 5) is 17.0. The third-order valence-corrected chi connectivity index (χ3v) is 5.98. The van der Waals surface area contributed by atoms with E-state index in [1.54, 1.807) is 24.6 Å². The summed E-state index contributed by atoms with van der Waals surface area (Å²) in [6, 6.07) is 23.5. The molecular weight excluding hydrogens is 448 g/mol. The molecule has 0 aliphatic carbocycles. The van der Waals surface area contributed by atoms with Gasteiger partial charge in [-0.2, -0.15) is 10.2 Å². The molecule has 36 heavy (non-hydrogen) atoms. The van der Waals surface area contributed by atoms with Crippen LogP contribution < -0.4 is 20.7 Å². The quantitative estimate of drug-likeness (QED) is 0.260. The molecule has 3 aromatic rings. The first kappa shape index (κ1) is 26.5. The summed E-state index contributed by atoms with van der Waals surface area (Å²) in [6.45, 7) is 12.5. The second-order valence-electron chi connectivity index (χ2n) is 8.17. The topological polar surface area (TPSA) is 72.3 Å². The summed E-state index contributed by atoms with van der Waals surface area (Å²) in [7, 11) is 0. The van der Waals surface area contributed by atoms with Crippen molar-refractivity contribution in [2.75, 3.05) is 41.4 Å². The Labute approximate surface area is 214 Å². The minimum absolute atomic E-state index is 0.269. The van der Waals surface area contributed by atoms with Gasteiger partial charge in [0.25, 0.3) is 5.91 Å². The molecule has 188 valence electrons. The Hall–Kier alpha value is -4.13. The van der Waals surface area contributed by atoms with Crippen LogP contribution in [0, 0.1) is 0 Å². The fraction of sp³-hybridized carbons (Fsp3) is 0.276. The lowest BCUT2D eigenvalue weighted by atomic mass is 10.2. The highest BCUT2D eigenvalue weighted by atomic mass is 16.2. The summed E-state index contributed by atoms with van der Waals surface area (Å²) < 4.78 is 0. The van der Waals surface area contributed by atoms with Crippen molar-refractivity contribution in [3.8, 4) is 0 Å². The van der Waals surface area contributed by atoms with E-state index < -0.39 is 0 Å².